The molecular weight excluding hydrogens is 396 g/mol. The van der Waals surface area contributed by atoms with Crippen molar-refractivity contribution >= 4 is 28.8 Å². The van der Waals surface area contributed by atoms with Crippen LogP contribution in [0.1, 0.15) is 35.1 Å². The van der Waals surface area contributed by atoms with Gasteiger partial charge in [-0.1, -0.05) is 29.8 Å². The molecule has 4 rings (SSSR count). The van der Waals surface area contributed by atoms with Crippen molar-refractivity contribution in [2.75, 3.05) is 13.1 Å². The third kappa shape index (κ3) is 4.09. The zero-order valence-corrected chi connectivity index (χ0v) is 16.8. The largest absolute Gasteiger partial charge is 0.369 e. The van der Waals surface area contributed by atoms with Crippen LogP contribution in [0.15, 0.2) is 41.8 Å². The molecule has 0 bridgehead atoms. The molecule has 28 heavy (non-hydrogen) atoms. The van der Waals surface area contributed by atoms with Gasteiger partial charge in [0, 0.05) is 15.8 Å². The maximum Gasteiger partial charge on any atom is 0.220 e. The van der Waals surface area contributed by atoms with Gasteiger partial charge in [-0.3, -0.25) is 9.69 Å². The Labute approximate surface area is 172 Å². The van der Waals surface area contributed by atoms with Gasteiger partial charge in [0.05, 0.1) is 12.6 Å². The van der Waals surface area contributed by atoms with Crippen LogP contribution in [0.4, 0.5) is 0 Å². The molecule has 1 aliphatic rings. The molecule has 0 aliphatic carbocycles. The molecule has 1 amide bonds. The average molecular weight is 417 g/mol. The highest BCUT2D eigenvalue weighted by molar-refractivity contribution is 7.09. The molecule has 0 spiro atoms. The van der Waals surface area contributed by atoms with Crippen molar-refractivity contribution in [1.29, 1.82) is 0 Å². The number of aromatic nitrogens is 4. The predicted octanol–water partition coefficient (Wildman–Crippen LogP) is 2.72. The quantitative estimate of drug-likeness (QED) is 0.667. The SMILES string of the molecule is NC(=O)C1CCN([C@@H](c2ccc(Cl)cc2)c2nnnn2Cc2cccs2)CC1. The number of benzene rings is 1. The highest BCUT2D eigenvalue weighted by Crippen LogP contribution is 2.32. The molecule has 1 aromatic carbocycles. The number of amides is 1. The summed E-state index contributed by atoms with van der Waals surface area (Å²) in [6.45, 7) is 2.14. The number of primary amides is 1. The van der Waals surface area contributed by atoms with Crippen LogP contribution in [-0.2, 0) is 11.3 Å². The fourth-order valence-electron chi connectivity index (χ4n) is 3.68. The van der Waals surface area contributed by atoms with E-state index in [0.29, 0.717) is 11.6 Å². The lowest BCUT2D eigenvalue weighted by molar-refractivity contribution is -0.123. The summed E-state index contributed by atoms with van der Waals surface area (Å²) in [5.74, 6) is 0.503. The van der Waals surface area contributed by atoms with Crippen LogP contribution in [0.2, 0.25) is 5.02 Å². The summed E-state index contributed by atoms with van der Waals surface area (Å²) in [6, 6.07) is 11.8. The zero-order valence-electron chi connectivity index (χ0n) is 15.2. The second-order valence-corrected chi connectivity index (χ2v) is 8.41. The van der Waals surface area contributed by atoms with E-state index in [9.17, 15) is 4.79 Å². The van der Waals surface area contributed by atoms with Crippen molar-refractivity contribution in [3.8, 4) is 0 Å². The van der Waals surface area contributed by atoms with Crippen molar-refractivity contribution in [1.82, 2.24) is 25.1 Å². The first-order chi connectivity index (χ1) is 13.6. The second kappa shape index (κ2) is 8.38. The van der Waals surface area contributed by atoms with Gasteiger partial charge in [0.1, 0.15) is 0 Å². The van der Waals surface area contributed by atoms with E-state index < -0.39 is 0 Å². The van der Waals surface area contributed by atoms with Gasteiger partial charge in [0.25, 0.3) is 0 Å². The first-order valence-electron chi connectivity index (χ1n) is 9.19. The Morgan fingerprint density at radius 1 is 1.25 bits per heavy atom. The maximum atomic E-state index is 11.6. The zero-order chi connectivity index (χ0) is 19.5. The number of hydrogen-bond donors (Lipinski definition) is 1. The lowest BCUT2D eigenvalue weighted by Gasteiger charge is -2.36. The van der Waals surface area contributed by atoms with Gasteiger partial charge in [-0.05, 0) is 65.5 Å². The third-order valence-corrected chi connectivity index (χ3v) is 6.29. The normalized spacial score (nSPS) is 16.9. The van der Waals surface area contributed by atoms with Gasteiger partial charge in [0.15, 0.2) is 5.82 Å². The van der Waals surface area contributed by atoms with Crippen LogP contribution in [0.25, 0.3) is 0 Å². The lowest BCUT2D eigenvalue weighted by atomic mass is 9.93. The van der Waals surface area contributed by atoms with Crippen LogP contribution < -0.4 is 5.73 Å². The summed E-state index contributed by atoms with van der Waals surface area (Å²) in [7, 11) is 0. The number of nitrogens with two attached hydrogens (primary N) is 1. The molecule has 1 atom stereocenters. The van der Waals surface area contributed by atoms with Gasteiger partial charge in [0.2, 0.25) is 5.91 Å². The average Bonchev–Trinajstić information content (AvgIpc) is 3.37. The molecule has 2 N–H and O–H groups in total. The summed E-state index contributed by atoms with van der Waals surface area (Å²) in [6.07, 6.45) is 1.48. The van der Waals surface area contributed by atoms with E-state index in [0.717, 1.165) is 37.3 Å². The van der Waals surface area contributed by atoms with E-state index in [-0.39, 0.29) is 17.9 Å². The van der Waals surface area contributed by atoms with E-state index in [1.165, 1.54) is 4.88 Å². The molecule has 0 saturated carbocycles. The Kier molecular flexibility index (Phi) is 5.70. The first kappa shape index (κ1) is 19.0. The molecule has 1 aliphatic heterocycles. The molecule has 3 aromatic rings. The highest BCUT2D eigenvalue weighted by atomic mass is 35.5. The Hall–Kier alpha value is -2.29. The smallest absolute Gasteiger partial charge is 0.220 e. The topological polar surface area (TPSA) is 89.9 Å². The fraction of sp³-hybridized carbons (Fsp3) is 0.368. The molecule has 1 fully saturated rings. The molecule has 3 heterocycles. The summed E-state index contributed by atoms with van der Waals surface area (Å²) in [4.78, 5) is 15.1. The third-order valence-electron chi connectivity index (χ3n) is 5.17. The number of rotatable bonds is 6. The fourth-order valence-corrected chi connectivity index (χ4v) is 4.49. The van der Waals surface area contributed by atoms with Gasteiger partial charge in [-0.25, -0.2) is 4.68 Å². The molecule has 2 aromatic heterocycles. The number of nitrogens with zero attached hydrogens (tertiary/aromatic N) is 5. The van der Waals surface area contributed by atoms with Crippen LogP contribution in [-0.4, -0.2) is 44.1 Å². The standard InChI is InChI=1S/C19H21ClN6OS/c20-15-5-3-13(4-6-15)17(25-9-7-14(8-10-25)18(21)27)19-22-23-24-26(19)12-16-2-1-11-28-16/h1-6,11,14,17H,7-10,12H2,(H2,21,27)/t17-/m0/s1. The van der Waals surface area contributed by atoms with Crippen LogP contribution >= 0.6 is 22.9 Å². The molecule has 7 nitrogen and oxygen atoms in total. The monoisotopic (exact) mass is 416 g/mol. The van der Waals surface area contributed by atoms with Crippen LogP contribution in [0.3, 0.4) is 0 Å². The predicted molar refractivity (Wildman–Crippen MR) is 108 cm³/mol. The summed E-state index contributed by atoms with van der Waals surface area (Å²) in [5, 5.41) is 15.3. The van der Waals surface area contributed by atoms with E-state index in [2.05, 4.69) is 26.5 Å². The highest BCUT2D eigenvalue weighted by Gasteiger charge is 2.32. The van der Waals surface area contributed by atoms with Crippen LogP contribution in [0.5, 0.6) is 0 Å². The number of hydrogen-bond acceptors (Lipinski definition) is 6. The van der Waals surface area contributed by atoms with Gasteiger partial charge in [-0.2, -0.15) is 0 Å². The van der Waals surface area contributed by atoms with Gasteiger partial charge >= 0.3 is 0 Å². The van der Waals surface area contributed by atoms with E-state index in [4.69, 9.17) is 17.3 Å². The number of likely N-dealkylation sites (tertiary alicyclic amines) is 1. The molecular formula is C19H21ClN6OS. The maximum absolute atomic E-state index is 11.6. The number of carbonyl (C=O) groups excluding carboxylic acids is 1. The van der Waals surface area contributed by atoms with Crippen molar-refractivity contribution in [3.63, 3.8) is 0 Å². The Morgan fingerprint density at radius 2 is 2.00 bits per heavy atom. The van der Waals surface area contributed by atoms with E-state index >= 15 is 0 Å². The molecule has 1 saturated heterocycles. The molecule has 146 valence electrons. The summed E-state index contributed by atoms with van der Waals surface area (Å²) < 4.78 is 1.85. The molecule has 9 heteroatoms. The number of carbonyl (C=O) groups is 1. The van der Waals surface area contributed by atoms with E-state index in [1.54, 1.807) is 11.3 Å². The Morgan fingerprint density at radius 3 is 2.64 bits per heavy atom. The minimum atomic E-state index is -0.217. The van der Waals surface area contributed by atoms with Crippen molar-refractivity contribution in [2.45, 2.75) is 25.4 Å². The minimum absolute atomic E-state index is 0.0655. The number of halogens is 1. The first-order valence-corrected chi connectivity index (χ1v) is 10.4. The van der Waals surface area contributed by atoms with Crippen LogP contribution in [0, 0.1) is 5.92 Å². The lowest BCUT2D eigenvalue weighted by Crippen LogP contribution is -2.41. The minimum Gasteiger partial charge on any atom is -0.369 e. The summed E-state index contributed by atoms with van der Waals surface area (Å²) >= 11 is 7.78. The Balaban J connectivity index is 1.65. The van der Waals surface area contributed by atoms with Gasteiger partial charge in [-0.15, -0.1) is 16.4 Å². The molecule has 0 radical (unpaired) electrons. The summed E-state index contributed by atoms with van der Waals surface area (Å²) in [5.41, 5.74) is 6.58. The van der Waals surface area contributed by atoms with Gasteiger partial charge < -0.3 is 5.73 Å². The Bertz CT molecular complexity index is 918. The van der Waals surface area contributed by atoms with E-state index in [1.807, 2.05) is 40.4 Å². The second-order valence-electron chi connectivity index (χ2n) is 6.94. The number of piperidine rings is 1. The number of thiophene rings is 1. The van der Waals surface area contributed by atoms with Crippen molar-refractivity contribution < 1.29 is 4.79 Å². The molecule has 0 unspecified atom stereocenters. The van der Waals surface area contributed by atoms with Crippen molar-refractivity contribution in [3.05, 3.63) is 63.1 Å². The number of tetrazole rings is 1. The van der Waals surface area contributed by atoms with Crippen molar-refractivity contribution in [2.24, 2.45) is 11.7 Å².